The lowest BCUT2D eigenvalue weighted by Gasteiger charge is -2.06. The van der Waals surface area contributed by atoms with Crippen molar-refractivity contribution in [3.05, 3.63) is 95.6 Å². The molecule has 0 atom stereocenters. The smallest absolute Gasteiger partial charge is 0.343 e. The molecule has 0 bridgehead atoms. The van der Waals surface area contributed by atoms with Gasteiger partial charge in [-0.3, -0.25) is 4.79 Å². The number of esters is 1. The van der Waals surface area contributed by atoms with Gasteiger partial charge in [-0.2, -0.15) is 0 Å². The Morgan fingerprint density at radius 1 is 0.833 bits per heavy atom. The molecule has 0 aromatic heterocycles. The molecule has 0 unspecified atom stereocenters. The highest BCUT2D eigenvalue weighted by Gasteiger charge is 2.10. The van der Waals surface area contributed by atoms with Gasteiger partial charge in [0.1, 0.15) is 17.2 Å². The van der Waals surface area contributed by atoms with Crippen LogP contribution in [0, 0.1) is 0 Å². The first kappa shape index (κ1) is 20.9. The van der Waals surface area contributed by atoms with E-state index in [-0.39, 0.29) is 5.78 Å². The minimum Gasteiger partial charge on any atom is -0.497 e. The molecule has 152 valence electrons. The number of ketones is 1. The van der Waals surface area contributed by atoms with E-state index in [1.54, 1.807) is 54.6 Å². The summed E-state index contributed by atoms with van der Waals surface area (Å²) in [4.78, 5) is 24.6. The van der Waals surface area contributed by atoms with E-state index in [4.69, 9.17) is 14.2 Å². The Morgan fingerprint density at radius 2 is 1.53 bits per heavy atom. The van der Waals surface area contributed by atoms with Crippen molar-refractivity contribution < 1.29 is 23.8 Å². The van der Waals surface area contributed by atoms with E-state index in [9.17, 15) is 9.59 Å². The lowest BCUT2D eigenvalue weighted by atomic mass is 10.1. The Kier molecular flexibility index (Phi) is 7.00. The van der Waals surface area contributed by atoms with Gasteiger partial charge < -0.3 is 14.2 Å². The summed E-state index contributed by atoms with van der Waals surface area (Å²) in [5.74, 6) is 1.08. The van der Waals surface area contributed by atoms with Gasteiger partial charge in [-0.05, 0) is 73.2 Å². The monoisotopic (exact) mass is 402 g/mol. The second-order valence-electron chi connectivity index (χ2n) is 6.35. The molecule has 0 aliphatic heterocycles. The molecule has 0 saturated heterocycles. The number of hydrogen-bond donors (Lipinski definition) is 0. The fraction of sp³-hybridized carbons (Fsp3) is 0.120. The van der Waals surface area contributed by atoms with Crippen LogP contribution in [0.2, 0.25) is 0 Å². The maximum Gasteiger partial charge on any atom is 0.343 e. The Morgan fingerprint density at radius 3 is 2.20 bits per heavy atom. The average molecular weight is 402 g/mol. The molecule has 0 heterocycles. The highest BCUT2D eigenvalue weighted by atomic mass is 16.5. The SMILES string of the molecule is CCOc1ccc(C=CC(=O)c2ccc(OC(=O)c3cccc(OC)c3)cc2)cc1. The highest BCUT2D eigenvalue weighted by Crippen LogP contribution is 2.18. The molecule has 0 spiro atoms. The molecule has 0 fully saturated rings. The number of allylic oxidation sites excluding steroid dienone is 1. The zero-order valence-corrected chi connectivity index (χ0v) is 16.8. The highest BCUT2D eigenvalue weighted by molar-refractivity contribution is 6.06. The predicted molar refractivity (Wildman–Crippen MR) is 115 cm³/mol. The molecule has 0 aliphatic carbocycles. The number of carbonyl (C=O) groups excluding carboxylic acids is 2. The topological polar surface area (TPSA) is 61.8 Å². The Balaban J connectivity index is 1.61. The Hall–Kier alpha value is -3.86. The third kappa shape index (κ3) is 5.58. The summed E-state index contributed by atoms with van der Waals surface area (Å²) in [7, 11) is 1.53. The fourth-order valence-electron chi connectivity index (χ4n) is 2.71. The second kappa shape index (κ2) is 10.1. The molecular formula is C25H22O5. The summed E-state index contributed by atoms with van der Waals surface area (Å²) < 4.78 is 15.9. The second-order valence-corrected chi connectivity index (χ2v) is 6.35. The van der Waals surface area contributed by atoms with Crippen molar-refractivity contribution >= 4 is 17.8 Å². The molecule has 0 N–H and O–H groups in total. The third-order valence-corrected chi connectivity index (χ3v) is 4.27. The summed E-state index contributed by atoms with van der Waals surface area (Å²) in [5.41, 5.74) is 1.78. The largest absolute Gasteiger partial charge is 0.497 e. The summed E-state index contributed by atoms with van der Waals surface area (Å²) in [6, 6.07) is 20.6. The summed E-state index contributed by atoms with van der Waals surface area (Å²) in [6.45, 7) is 2.54. The summed E-state index contributed by atoms with van der Waals surface area (Å²) >= 11 is 0. The Labute approximate surface area is 175 Å². The van der Waals surface area contributed by atoms with Crippen LogP contribution in [0.1, 0.15) is 33.2 Å². The van der Waals surface area contributed by atoms with E-state index in [0.717, 1.165) is 11.3 Å². The van der Waals surface area contributed by atoms with E-state index < -0.39 is 5.97 Å². The normalized spacial score (nSPS) is 10.6. The van der Waals surface area contributed by atoms with Crippen LogP contribution >= 0.6 is 0 Å². The van der Waals surface area contributed by atoms with Crippen molar-refractivity contribution in [3.63, 3.8) is 0 Å². The number of rotatable bonds is 8. The van der Waals surface area contributed by atoms with Crippen molar-refractivity contribution in [2.75, 3.05) is 13.7 Å². The van der Waals surface area contributed by atoms with E-state index >= 15 is 0 Å². The van der Waals surface area contributed by atoms with Crippen LogP contribution in [0.3, 0.4) is 0 Å². The van der Waals surface area contributed by atoms with E-state index in [2.05, 4.69) is 0 Å². The molecule has 5 nitrogen and oxygen atoms in total. The summed E-state index contributed by atoms with van der Waals surface area (Å²) in [6.07, 6.45) is 3.25. The molecular weight excluding hydrogens is 380 g/mol. The van der Waals surface area contributed by atoms with Crippen molar-refractivity contribution in [3.8, 4) is 17.2 Å². The van der Waals surface area contributed by atoms with Crippen LogP contribution in [-0.4, -0.2) is 25.5 Å². The predicted octanol–water partition coefficient (Wildman–Crippen LogP) is 5.21. The molecule has 0 aliphatic rings. The maximum atomic E-state index is 12.4. The first-order chi connectivity index (χ1) is 14.6. The number of hydrogen-bond acceptors (Lipinski definition) is 5. The van der Waals surface area contributed by atoms with Crippen molar-refractivity contribution in [1.82, 2.24) is 0 Å². The van der Waals surface area contributed by atoms with Gasteiger partial charge in [-0.1, -0.05) is 24.3 Å². The van der Waals surface area contributed by atoms with Gasteiger partial charge in [-0.15, -0.1) is 0 Å². The van der Waals surface area contributed by atoms with Gasteiger partial charge in [-0.25, -0.2) is 4.79 Å². The van der Waals surface area contributed by atoms with Gasteiger partial charge in [0.05, 0.1) is 19.3 Å². The zero-order valence-electron chi connectivity index (χ0n) is 16.8. The van der Waals surface area contributed by atoms with E-state index in [0.29, 0.717) is 29.2 Å². The van der Waals surface area contributed by atoms with Gasteiger partial charge in [0.2, 0.25) is 0 Å². The third-order valence-electron chi connectivity index (χ3n) is 4.27. The Bertz CT molecular complexity index is 1030. The standard InChI is InChI=1S/C25H22O5/c1-3-29-21-12-7-18(8-13-21)9-16-24(26)19-10-14-22(15-11-19)30-25(27)20-5-4-6-23(17-20)28-2/h4-17H,3H2,1-2H3. The van der Waals surface area contributed by atoms with Gasteiger partial charge >= 0.3 is 5.97 Å². The first-order valence-electron chi connectivity index (χ1n) is 9.50. The molecule has 3 aromatic rings. The van der Waals surface area contributed by atoms with Gasteiger partial charge in [0.15, 0.2) is 5.78 Å². The van der Waals surface area contributed by atoms with Crippen molar-refractivity contribution in [1.29, 1.82) is 0 Å². The van der Waals surface area contributed by atoms with Crippen LogP contribution in [-0.2, 0) is 0 Å². The van der Waals surface area contributed by atoms with Crippen LogP contribution in [0.4, 0.5) is 0 Å². The quantitative estimate of drug-likeness (QED) is 0.224. The van der Waals surface area contributed by atoms with E-state index in [1.165, 1.54) is 13.2 Å². The zero-order chi connectivity index (χ0) is 21.3. The number of methoxy groups -OCH3 is 1. The minimum absolute atomic E-state index is 0.144. The first-order valence-corrected chi connectivity index (χ1v) is 9.50. The van der Waals surface area contributed by atoms with Gasteiger partial charge in [0.25, 0.3) is 0 Å². The van der Waals surface area contributed by atoms with Crippen LogP contribution in [0.5, 0.6) is 17.2 Å². The lowest BCUT2D eigenvalue weighted by molar-refractivity contribution is 0.0734. The molecule has 0 saturated carbocycles. The number of ether oxygens (including phenoxy) is 3. The molecule has 30 heavy (non-hydrogen) atoms. The lowest BCUT2D eigenvalue weighted by Crippen LogP contribution is -2.08. The van der Waals surface area contributed by atoms with Crippen LogP contribution in [0.15, 0.2) is 78.9 Å². The van der Waals surface area contributed by atoms with Crippen LogP contribution < -0.4 is 14.2 Å². The molecule has 5 heteroatoms. The van der Waals surface area contributed by atoms with E-state index in [1.807, 2.05) is 31.2 Å². The molecule has 0 amide bonds. The van der Waals surface area contributed by atoms with Crippen LogP contribution in [0.25, 0.3) is 6.08 Å². The number of carbonyl (C=O) groups is 2. The molecule has 3 aromatic carbocycles. The van der Waals surface area contributed by atoms with Crippen molar-refractivity contribution in [2.24, 2.45) is 0 Å². The minimum atomic E-state index is -0.497. The number of benzene rings is 3. The average Bonchev–Trinajstić information content (AvgIpc) is 2.79. The van der Waals surface area contributed by atoms with Crippen molar-refractivity contribution in [2.45, 2.75) is 6.92 Å². The summed E-state index contributed by atoms with van der Waals surface area (Å²) in [5, 5.41) is 0. The fourth-order valence-corrected chi connectivity index (χ4v) is 2.71. The molecule has 0 radical (unpaired) electrons. The maximum absolute atomic E-state index is 12.4. The van der Waals surface area contributed by atoms with Gasteiger partial charge in [0, 0.05) is 5.56 Å². The molecule has 3 rings (SSSR count).